The van der Waals surface area contributed by atoms with Crippen molar-refractivity contribution in [3.8, 4) is 0 Å². The van der Waals surface area contributed by atoms with Crippen LogP contribution < -0.4 is 5.56 Å². The highest BCUT2D eigenvalue weighted by Gasteiger charge is 2.29. The highest BCUT2D eigenvalue weighted by molar-refractivity contribution is 6.16. The third kappa shape index (κ3) is 2.09. The molecule has 2 heterocycles. The molecule has 1 aliphatic heterocycles. The molecule has 6 heteroatoms. The van der Waals surface area contributed by atoms with Gasteiger partial charge in [0.25, 0.3) is 5.56 Å². The SMILES string of the molecule is CN1C[C@H](c2cc(=O)[nH]c(CCl)n2)CC1=O. The second-order valence-electron chi connectivity index (χ2n) is 3.93. The number of nitrogens with one attached hydrogen (secondary N) is 1. The summed E-state index contributed by atoms with van der Waals surface area (Å²) in [5, 5.41) is 0. The summed E-state index contributed by atoms with van der Waals surface area (Å²) in [5.41, 5.74) is 0.430. The fraction of sp³-hybridized carbons (Fsp3) is 0.500. The van der Waals surface area contributed by atoms with Crippen LogP contribution in [0.5, 0.6) is 0 Å². The molecular formula is C10H12ClN3O2. The average Bonchev–Trinajstić information content (AvgIpc) is 2.58. The molecule has 0 unspecified atom stereocenters. The molecule has 0 bridgehead atoms. The Kier molecular flexibility index (Phi) is 2.96. The molecule has 2 rings (SSSR count). The Morgan fingerprint density at radius 1 is 1.62 bits per heavy atom. The van der Waals surface area contributed by atoms with E-state index in [9.17, 15) is 9.59 Å². The zero-order valence-corrected chi connectivity index (χ0v) is 9.62. The molecule has 1 N–H and O–H groups in total. The summed E-state index contributed by atoms with van der Waals surface area (Å²) in [6, 6.07) is 1.44. The number of hydrogen-bond donors (Lipinski definition) is 1. The van der Waals surface area contributed by atoms with E-state index in [0.29, 0.717) is 24.5 Å². The molecule has 5 nitrogen and oxygen atoms in total. The zero-order valence-electron chi connectivity index (χ0n) is 8.86. The lowest BCUT2D eigenvalue weighted by Gasteiger charge is -2.09. The first-order valence-corrected chi connectivity index (χ1v) is 5.53. The van der Waals surface area contributed by atoms with Gasteiger partial charge in [-0.3, -0.25) is 9.59 Å². The van der Waals surface area contributed by atoms with E-state index >= 15 is 0 Å². The number of H-pyrrole nitrogens is 1. The van der Waals surface area contributed by atoms with Gasteiger partial charge in [0, 0.05) is 32.0 Å². The van der Waals surface area contributed by atoms with Crippen molar-refractivity contribution in [1.82, 2.24) is 14.9 Å². The van der Waals surface area contributed by atoms with Crippen molar-refractivity contribution >= 4 is 17.5 Å². The summed E-state index contributed by atoms with van der Waals surface area (Å²) in [6.45, 7) is 0.608. The topological polar surface area (TPSA) is 66.1 Å². The third-order valence-electron chi connectivity index (χ3n) is 2.70. The van der Waals surface area contributed by atoms with Crippen molar-refractivity contribution in [1.29, 1.82) is 0 Å². The van der Waals surface area contributed by atoms with Crippen LogP contribution in [0.25, 0.3) is 0 Å². The summed E-state index contributed by atoms with van der Waals surface area (Å²) in [6.07, 6.45) is 0.411. The second-order valence-corrected chi connectivity index (χ2v) is 4.19. The number of aromatic nitrogens is 2. The number of likely N-dealkylation sites (tertiary alicyclic amines) is 1. The van der Waals surface area contributed by atoms with E-state index in [1.807, 2.05) is 0 Å². The van der Waals surface area contributed by atoms with Crippen molar-refractivity contribution in [2.24, 2.45) is 0 Å². The maximum atomic E-state index is 11.4. The Morgan fingerprint density at radius 2 is 2.38 bits per heavy atom. The van der Waals surface area contributed by atoms with Gasteiger partial charge < -0.3 is 9.88 Å². The Bertz CT molecular complexity index is 471. The Hall–Kier alpha value is -1.36. The van der Waals surface area contributed by atoms with E-state index in [-0.39, 0.29) is 23.3 Å². The molecule has 1 aromatic heterocycles. The number of carbonyl (C=O) groups excluding carboxylic acids is 1. The first-order valence-electron chi connectivity index (χ1n) is 5.00. The summed E-state index contributed by atoms with van der Waals surface area (Å²) >= 11 is 5.62. The summed E-state index contributed by atoms with van der Waals surface area (Å²) in [7, 11) is 1.75. The van der Waals surface area contributed by atoms with Crippen LogP contribution in [0.3, 0.4) is 0 Å². The minimum absolute atomic E-state index is 0.00164. The van der Waals surface area contributed by atoms with Gasteiger partial charge in [-0.25, -0.2) is 4.98 Å². The first kappa shape index (κ1) is 11.1. The quantitative estimate of drug-likeness (QED) is 0.765. The molecule has 1 saturated heterocycles. The zero-order chi connectivity index (χ0) is 11.7. The minimum Gasteiger partial charge on any atom is -0.345 e. The summed E-state index contributed by atoms with van der Waals surface area (Å²) < 4.78 is 0. The molecular weight excluding hydrogens is 230 g/mol. The molecule has 1 amide bonds. The number of aromatic amines is 1. The third-order valence-corrected chi connectivity index (χ3v) is 2.95. The standard InChI is InChI=1S/C10H12ClN3O2/c1-14-5-6(2-10(14)16)7-3-9(15)13-8(4-11)12-7/h3,6H,2,4-5H2,1H3,(H,12,13,15)/t6-/m1/s1. The molecule has 1 atom stereocenters. The largest absolute Gasteiger partial charge is 0.345 e. The summed E-state index contributed by atoms with van der Waals surface area (Å²) in [5.74, 6) is 0.701. The Morgan fingerprint density at radius 3 is 2.94 bits per heavy atom. The molecule has 0 aliphatic carbocycles. The highest BCUT2D eigenvalue weighted by Crippen LogP contribution is 2.24. The monoisotopic (exact) mass is 241 g/mol. The first-order chi connectivity index (χ1) is 7.60. The molecule has 1 fully saturated rings. The molecule has 16 heavy (non-hydrogen) atoms. The van der Waals surface area contributed by atoms with Gasteiger partial charge >= 0.3 is 0 Å². The summed E-state index contributed by atoms with van der Waals surface area (Å²) in [4.78, 5) is 31.1. The maximum absolute atomic E-state index is 11.4. The van der Waals surface area contributed by atoms with Gasteiger partial charge in [0.1, 0.15) is 5.82 Å². The lowest BCUT2D eigenvalue weighted by molar-refractivity contribution is -0.126. The van der Waals surface area contributed by atoms with Crippen LogP contribution in [-0.4, -0.2) is 34.4 Å². The number of alkyl halides is 1. The number of halogens is 1. The van der Waals surface area contributed by atoms with Gasteiger partial charge in [-0.15, -0.1) is 11.6 Å². The van der Waals surface area contributed by atoms with E-state index in [2.05, 4.69) is 9.97 Å². The normalized spacial score (nSPS) is 20.5. The lowest BCUT2D eigenvalue weighted by Crippen LogP contribution is -2.19. The molecule has 1 aliphatic rings. The van der Waals surface area contributed by atoms with Gasteiger partial charge in [0.05, 0.1) is 11.6 Å². The van der Waals surface area contributed by atoms with Crippen LogP contribution in [-0.2, 0) is 10.7 Å². The average molecular weight is 242 g/mol. The number of amides is 1. The predicted octanol–water partition coefficient (Wildman–Crippen LogP) is 0.454. The van der Waals surface area contributed by atoms with E-state index < -0.39 is 0 Å². The van der Waals surface area contributed by atoms with Crippen LogP contribution in [0.2, 0.25) is 0 Å². The maximum Gasteiger partial charge on any atom is 0.251 e. The van der Waals surface area contributed by atoms with Gasteiger partial charge in [-0.1, -0.05) is 0 Å². The van der Waals surface area contributed by atoms with Crippen molar-refractivity contribution in [3.05, 3.63) is 27.9 Å². The van der Waals surface area contributed by atoms with Crippen molar-refractivity contribution in [2.45, 2.75) is 18.2 Å². The fourth-order valence-electron chi connectivity index (χ4n) is 1.86. The van der Waals surface area contributed by atoms with Gasteiger partial charge in [0.15, 0.2) is 0 Å². The molecule has 0 radical (unpaired) electrons. The second kappa shape index (κ2) is 4.25. The number of nitrogens with zero attached hydrogens (tertiary/aromatic N) is 2. The van der Waals surface area contributed by atoms with Crippen molar-refractivity contribution < 1.29 is 4.79 Å². The van der Waals surface area contributed by atoms with Crippen LogP contribution >= 0.6 is 11.6 Å². The highest BCUT2D eigenvalue weighted by atomic mass is 35.5. The van der Waals surface area contributed by atoms with Crippen LogP contribution in [0.15, 0.2) is 10.9 Å². The van der Waals surface area contributed by atoms with E-state index in [4.69, 9.17) is 11.6 Å². The lowest BCUT2D eigenvalue weighted by atomic mass is 10.0. The van der Waals surface area contributed by atoms with E-state index in [0.717, 1.165) is 0 Å². The number of hydrogen-bond acceptors (Lipinski definition) is 3. The Balaban J connectivity index is 2.31. The molecule has 0 aromatic carbocycles. The predicted molar refractivity (Wildman–Crippen MR) is 59.4 cm³/mol. The van der Waals surface area contributed by atoms with Gasteiger partial charge in [-0.05, 0) is 0 Å². The fourth-order valence-corrected chi connectivity index (χ4v) is 1.99. The number of rotatable bonds is 2. The van der Waals surface area contributed by atoms with Crippen molar-refractivity contribution in [2.75, 3.05) is 13.6 Å². The smallest absolute Gasteiger partial charge is 0.251 e. The molecule has 0 saturated carbocycles. The van der Waals surface area contributed by atoms with Crippen LogP contribution in [0.1, 0.15) is 23.9 Å². The minimum atomic E-state index is -0.220. The molecule has 0 spiro atoms. The van der Waals surface area contributed by atoms with Crippen LogP contribution in [0, 0.1) is 0 Å². The van der Waals surface area contributed by atoms with Gasteiger partial charge in [0.2, 0.25) is 5.91 Å². The van der Waals surface area contributed by atoms with Crippen LogP contribution in [0.4, 0.5) is 0 Å². The van der Waals surface area contributed by atoms with Gasteiger partial charge in [-0.2, -0.15) is 0 Å². The molecule has 86 valence electrons. The number of likely N-dealkylation sites (N-methyl/N-ethyl adjacent to an activating group) is 1. The number of carbonyl (C=O) groups is 1. The van der Waals surface area contributed by atoms with E-state index in [1.54, 1.807) is 11.9 Å². The Labute approximate surface area is 97.4 Å². The van der Waals surface area contributed by atoms with E-state index in [1.165, 1.54) is 6.07 Å². The van der Waals surface area contributed by atoms with Crippen molar-refractivity contribution in [3.63, 3.8) is 0 Å². The molecule has 1 aromatic rings.